The van der Waals surface area contributed by atoms with E-state index in [1.165, 1.54) is 6.07 Å². The molecule has 2 unspecified atom stereocenters. The van der Waals surface area contributed by atoms with E-state index >= 15 is 0 Å². The predicted molar refractivity (Wildman–Crippen MR) is 109 cm³/mol. The molecular formula is C21H21F2N7O2. The first-order chi connectivity index (χ1) is 15.4. The highest BCUT2D eigenvalue weighted by Gasteiger charge is 2.31. The summed E-state index contributed by atoms with van der Waals surface area (Å²) in [6.07, 6.45) is 6.57. The SMILES string of the molecule is Cn1cc(C2CCCc3nc(C(=O)NC4CCc5cc(F)cc(F)c5NC4=O)nn32)cn1. The summed E-state index contributed by atoms with van der Waals surface area (Å²) in [6, 6.07) is 0.921. The minimum Gasteiger partial charge on any atom is -0.337 e. The first-order valence-electron chi connectivity index (χ1n) is 10.4. The molecule has 2 atom stereocenters. The van der Waals surface area contributed by atoms with Gasteiger partial charge in [0.15, 0.2) is 0 Å². The van der Waals surface area contributed by atoms with E-state index in [4.69, 9.17) is 0 Å². The Morgan fingerprint density at radius 2 is 2.09 bits per heavy atom. The van der Waals surface area contributed by atoms with E-state index in [0.29, 0.717) is 17.8 Å². The largest absolute Gasteiger partial charge is 0.337 e. The Bertz CT molecular complexity index is 1220. The molecule has 0 saturated heterocycles. The summed E-state index contributed by atoms with van der Waals surface area (Å²) in [5, 5.41) is 13.7. The molecule has 0 saturated carbocycles. The smallest absolute Gasteiger partial charge is 0.291 e. The van der Waals surface area contributed by atoms with Gasteiger partial charge in [-0.2, -0.15) is 5.10 Å². The van der Waals surface area contributed by atoms with Crippen LogP contribution in [-0.2, 0) is 24.7 Å². The van der Waals surface area contributed by atoms with E-state index in [9.17, 15) is 18.4 Å². The third kappa shape index (κ3) is 3.63. The number of benzene rings is 1. The number of amides is 2. The van der Waals surface area contributed by atoms with Crippen molar-refractivity contribution in [2.24, 2.45) is 7.05 Å². The molecule has 0 spiro atoms. The average molecular weight is 441 g/mol. The van der Waals surface area contributed by atoms with Gasteiger partial charge in [0.1, 0.15) is 23.5 Å². The highest BCUT2D eigenvalue weighted by atomic mass is 19.1. The van der Waals surface area contributed by atoms with Crippen LogP contribution in [-0.4, -0.2) is 42.4 Å². The van der Waals surface area contributed by atoms with E-state index in [-0.39, 0.29) is 30.4 Å². The third-order valence-corrected chi connectivity index (χ3v) is 5.90. The molecule has 2 aliphatic heterocycles. The van der Waals surface area contributed by atoms with E-state index < -0.39 is 29.5 Å². The maximum absolute atomic E-state index is 14.1. The molecule has 0 bridgehead atoms. The molecule has 5 rings (SSSR count). The van der Waals surface area contributed by atoms with E-state index in [2.05, 4.69) is 25.8 Å². The van der Waals surface area contributed by atoms with E-state index in [1.807, 2.05) is 13.2 Å². The Kier molecular flexibility index (Phi) is 4.95. The molecule has 0 radical (unpaired) electrons. The summed E-state index contributed by atoms with van der Waals surface area (Å²) in [4.78, 5) is 29.8. The second-order valence-corrected chi connectivity index (χ2v) is 8.13. The number of hydrogen-bond donors (Lipinski definition) is 2. The van der Waals surface area contributed by atoms with Crippen LogP contribution < -0.4 is 10.6 Å². The molecular weight excluding hydrogens is 420 g/mol. The minimum atomic E-state index is -0.924. The second kappa shape index (κ2) is 7.81. The molecule has 4 heterocycles. The Balaban J connectivity index is 1.34. The summed E-state index contributed by atoms with van der Waals surface area (Å²) >= 11 is 0. The fourth-order valence-electron chi connectivity index (χ4n) is 4.33. The van der Waals surface area contributed by atoms with Gasteiger partial charge in [-0.1, -0.05) is 0 Å². The van der Waals surface area contributed by atoms with Crippen LogP contribution in [0.25, 0.3) is 0 Å². The van der Waals surface area contributed by atoms with Crippen molar-refractivity contribution in [2.45, 2.75) is 44.2 Å². The van der Waals surface area contributed by atoms with Crippen molar-refractivity contribution >= 4 is 17.5 Å². The van der Waals surface area contributed by atoms with Crippen molar-refractivity contribution in [3.63, 3.8) is 0 Å². The van der Waals surface area contributed by atoms with Gasteiger partial charge in [-0.15, -0.1) is 5.10 Å². The van der Waals surface area contributed by atoms with Crippen LogP contribution in [0.5, 0.6) is 0 Å². The Hall–Kier alpha value is -3.63. The van der Waals surface area contributed by atoms with Gasteiger partial charge in [0.05, 0.1) is 17.9 Å². The van der Waals surface area contributed by atoms with Crippen molar-refractivity contribution in [3.05, 3.63) is 58.9 Å². The van der Waals surface area contributed by atoms with Crippen LogP contribution in [0.15, 0.2) is 24.5 Å². The zero-order valence-electron chi connectivity index (χ0n) is 17.3. The first kappa shape index (κ1) is 20.3. The molecule has 2 aromatic heterocycles. The van der Waals surface area contributed by atoms with Gasteiger partial charge >= 0.3 is 0 Å². The molecule has 2 amide bonds. The molecule has 2 aliphatic rings. The summed E-state index contributed by atoms with van der Waals surface area (Å²) in [6.45, 7) is 0. The van der Waals surface area contributed by atoms with Gasteiger partial charge in [0.2, 0.25) is 11.7 Å². The summed E-state index contributed by atoms with van der Waals surface area (Å²) < 4.78 is 31.1. The van der Waals surface area contributed by atoms with Crippen molar-refractivity contribution in [1.82, 2.24) is 29.9 Å². The van der Waals surface area contributed by atoms with Gasteiger partial charge < -0.3 is 10.6 Å². The number of rotatable bonds is 3. The quantitative estimate of drug-likeness (QED) is 0.646. The van der Waals surface area contributed by atoms with E-state index in [1.54, 1.807) is 15.6 Å². The average Bonchev–Trinajstić information content (AvgIpc) is 3.35. The lowest BCUT2D eigenvalue weighted by Gasteiger charge is -2.22. The van der Waals surface area contributed by atoms with E-state index in [0.717, 1.165) is 24.5 Å². The lowest BCUT2D eigenvalue weighted by molar-refractivity contribution is -0.118. The molecule has 2 N–H and O–H groups in total. The first-order valence-corrected chi connectivity index (χ1v) is 10.4. The highest BCUT2D eigenvalue weighted by molar-refractivity contribution is 6.00. The second-order valence-electron chi connectivity index (χ2n) is 8.13. The molecule has 166 valence electrons. The zero-order chi connectivity index (χ0) is 22.4. The fraction of sp³-hybridized carbons (Fsp3) is 0.381. The van der Waals surface area contributed by atoms with Gasteiger partial charge in [-0.3, -0.25) is 14.3 Å². The molecule has 1 aromatic carbocycles. The number of nitrogens with zero attached hydrogens (tertiary/aromatic N) is 5. The van der Waals surface area contributed by atoms with Crippen molar-refractivity contribution < 1.29 is 18.4 Å². The normalized spacial score (nSPS) is 20.2. The molecule has 3 aromatic rings. The van der Waals surface area contributed by atoms with Crippen LogP contribution in [0, 0.1) is 11.6 Å². The standard InChI is InChI=1S/C21H21F2N7O2/c1-29-10-12(9-24-29)16-3-2-4-17-26-19(28-30(16)17)21(32)25-15-6-5-11-7-13(22)8-14(23)18(11)27-20(15)31/h7-10,15-16H,2-6H2,1H3,(H,25,32)(H,27,31). The number of aromatic nitrogens is 5. The number of fused-ring (bicyclic) bond motifs is 2. The summed E-state index contributed by atoms with van der Waals surface area (Å²) in [7, 11) is 1.84. The monoisotopic (exact) mass is 441 g/mol. The van der Waals surface area contributed by atoms with Crippen molar-refractivity contribution in [1.29, 1.82) is 0 Å². The number of anilines is 1. The Labute approximate surface area is 181 Å². The Morgan fingerprint density at radius 3 is 2.88 bits per heavy atom. The lowest BCUT2D eigenvalue weighted by Crippen LogP contribution is -2.43. The van der Waals surface area contributed by atoms with Crippen LogP contribution >= 0.6 is 0 Å². The highest BCUT2D eigenvalue weighted by Crippen LogP contribution is 2.29. The minimum absolute atomic E-state index is 0.0254. The fourth-order valence-corrected chi connectivity index (χ4v) is 4.33. The molecule has 11 heteroatoms. The predicted octanol–water partition coefficient (Wildman–Crippen LogP) is 1.90. The van der Waals surface area contributed by atoms with Gasteiger partial charge in [-0.25, -0.2) is 18.4 Å². The van der Waals surface area contributed by atoms with Crippen LogP contribution in [0.1, 0.15) is 52.9 Å². The number of nitrogens with one attached hydrogen (secondary N) is 2. The number of aryl methyl sites for hydroxylation is 3. The zero-order valence-corrected chi connectivity index (χ0v) is 17.3. The third-order valence-electron chi connectivity index (χ3n) is 5.90. The number of carbonyl (C=O) groups is 2. The van der Waals surface area contributed by atoms with Gasteiger partial charge in [0, 0.05) is 31.3 Å². The molecule has 32 heavy (non-hydrogen) atoms. The lowest BCUT2D eigenvalue weighted by atomic mass is 10.0. The van der Waals surface area contributed by atoms with Crippen molar-refractivity contribution in [3.8, 4) is 0 Å². The number of hydrogen-bond acceptors (Lipinski definition) is 5. The molecule has 0 fully saturated rings. The van der Waals surface area contributed by atoms with Crippen LogP contribution in [0.2, 0.25) is 0 Å². The summed E-state index contributed by atoms with van der Waals surface area (Å²) in [5.41, 5.74) is 1.28. The van der Waals surface area contributed by atoms with Crippen LogP contribution in [0.3, 0.4) is 0 Å². The number of halogens is 2. The summed E-state index contributed by atoms with van der Waals surface area (Å²) in [5.74, 6) is -2.04. The maximum Gasteiger partial charge on any atom is 0.291 e. The van der Waals surface area contributed by atoms with Crippen molar-refractivity contribution in [2.75, 3.05) is 5.32 Å². The topological polar surface area (TPSA) is 107 Å². The number of carbonyl (C=O) groups excluding carboxylic acids is 2. The molecule has 0 aliphatic carbocycles. The Morgan fingerprint density at radius 1 is 1.25 bits per heavy atom. The molecule has 9 nitrogen and oxygen atoms in total. The van der Waals surface area contributed by atoms with Gasteiger partial charge in [0.25, 0.3) is 5.91 Å². The van der Waals surface area contributed by atoms with Gasteiger partial charge in [-0.05, 0) is 37.3 Å². The van der Waals surface area contributed by atoms with Crippen LogP contribution in [0.4, 0.5) is 14.5 Å². The maximum atomic E-state index is 14.1.